The molecule has 0 spiro atoms. The van der Waals surface area contributed by atoms with E-state index in [0.29, 0.717) is 11.1 Å². The number of benzene rings is 3. The molecule has 16 nitrogen and oxygen atoms in total. The molecular weight excluding hydrogens is 480 g/mol. The standard InChI is InChI=1S/C20H14N8O8/c29-25(30)15-5-7-17(19(9-15)27(33)34)23-21-11-13-1-2-14(4-3-13)12-22-24-18-8-6-16(26(31)32)10-20(18)28(35)36/h1-12,23-24H/b21-11+,22-12+. The van der Waals surface area contributed by atoms with Crippen LogP contribution in [0, 0.1) is 40.5 Å². The van der Waals surface area contributed by atoms with Gasteiger partial charge in [-0.1, -0.05) is 24.3 Å². The molecule has 0 saturated heterocycles. The topological polar surface area (TPSA) is 221 Å². The maximum atomic E-state index is 11.2. The predicted octanol–water partition coefficient (Wildman–Crippen LogP) is 4.21. The Morgan fingerprint density at radius 3 is 1.22 bits per heavy atom. The summed E-state index contributed by atoms with van der Waals surface area (Å²) in [4.78, 5) is 40.9. The van der Waals surface area contributed by atoms with Crippen LogP contribution in [0.25, 0.3) is 0 Å². The Hall–Kier alpha value is -5.80. The maximum absolute atomic E-state index is 11.2. The van der Waals surface area contributed by atoms with E-state index in [1.807, 2.05) is 0 Å². The van der Waals surface area contributed by atoms with Gasteiger partial charge in [0.2, 0.25) is 0 Å². The molecular formula is C20H14N8O8. The highest BCUT2D eigenvalue weighted by Crippen LogP contribution is 2.29. The summed E-state index contributed by atoms with van der Waals surface area (Å²) in [6, 6.07) is 12.8. The first-order valence-corrected chi connectivity index (χ1v) is 9.69. The number of nitrogens with zero attached hydrogens (tertiary/aromatic N) is 6. The zero-order chi connectivity index (χ0) is 26.2. The summed E-state index contributed by atoms with van der Waals surface area (Å²) in [6.07, 6.45) is 2.73. The number of anilines is 2. The smallest absolute Gasteiger partial charge is 0.272 e. The third-order valence-electron chi connectivity index (χ3n) is 4.51. The lowest BCUT2D eigenvalue weighted by atomic mass is 10.2. The van der Waals surface area contributed by atoms with Crippen molar-refractivity contribution in [2.24, 2.45) is 10.2 Å². The number of rotatable bonds is 10. The van der Waals surface area contributed by atoms with Gasteiger partial charge in [-0.15, -0.1) is 0 Å². The second kappa shape index (κ2) is 10.9. The molecule has 0 fully saturated rings. The first kappa shape index (κ1) is 24.8. The molecule has 0 bridgehead atoms. The maximum Gasteiger partial charge on any atom is 0.301 e. The van der Waals surface area contributed by atoms with Crippen LogP contribution in [0.4, 0.5) is 34.1 Å². The molecule has 0 aliphatic carbocycles. The zero-order valence-electron chi connectivity index (χ0n) is 17.9. The number of hydrazone groups is 2. The van der Waals surface area contributed by atoms with Crippen LogP contribution in [0.3, 0.4) is 0 Å². The fourth-order valence-corrected chi connectivity index (χ4v) is 2.78. The highest BCUT2D eigenvalue weighted by Gasteiger charge is 2.20. The van der Waals surface area contributed by atoms with Gasteiger partial charge in [0, 0.05) is 12.1 Å². The van der Waals surface area contributed by atoms with Gasteiger partial charge in [-0.2, -0.15) is 10.2 Å². The molecule has 3 aromatic rings. The predicted molar refractivity (Wildman–Crippen MR) is 128 cm³/mol. The van der Waals surface area contributed by atoms with E-state index in [4.69, 9.17) is 0 Å². The summed E-state index contributed by atoms with van der Waals surface area (Å²) in [7, 11) is 0. The molecule has 0 radical (unpaired) electrons. The minimum atomic E-state index is -0.766. The molecule has 0 saturated carbocycles. The fourth-order valence-electron chi connectivity index (χ4n) is 2.78. The van der Waals surface area contributed by atoms with Gasteiger partial charge in [0.1, 0.15) is 11.4 Å². The molecule has 182 valence electrons. The van der Waals surface area contributed by atoms with Crippen LogP contribution >= 0.6 is 0 Å². The van der Waals surface area contributed by atoms with E-state index in [2.05, 4.69) is 21.1 Å². The van der Waals surface area contributed by atoms with Crippen molar-refractivity contribution in [3.63, 3.8) is 0 Å². The van der Waals surface area contributed by atoms with Crippen molar-refractivity contribution < 1.29 is 19.7 Å². The van der Waals surface area contributed by atoms with Crippen molar-refractivity contribution in [3.8, 4) is 0 Å². The summed E-state index contributed by atoms with van der Waals surface area (Å²) in [5, 5.41) is 51.7. The van der Waals surface area contributed by atoms with Gasteiger partial charge in [0.25, 0.3) is 11.4 Å². The van der Waals surface area contributed by atoms with Crippen LogP contribution < -0.4 is 10.9 Å². The van der Waals surface area contributed by atoms with E-state index in [9.17, 15) is 40.5 Å². The lowest BCUT2D eigenvalue weighted by molar-refractivity contribution is -0.393. The van der Waals surface area contributed by atoms with Crippen molar-refractivity contribution in [2.45, 2.75) is 0 Å². The average Bonchev–Trinajstić information content (AvgIpc) is 2.84. The minimum absolute atomic E-state index is 0.0305. The minimum Gasteiger partial charge on any atom is -0.272 e. The zero-order valence-corrected chi connectivity index (χ0v) is 17.9. The normalized spacial score (nSPS) is 10.9. The number of non-ortho nitro benzene ring substituents is 2. The molecule has 0 aromatic heterocycles. The van der Waals surface area contributed by atoms with Crippen molar-refractivity contribution >= 4 is 46.6 Å². The monoisotopic (exact) mass is 494 g/mol. The molecule has 16 heteroatoms. The summed E-state index contributed by atoms with van der Waals surface area (Å²) in [5.41, 5.74) is 4.22. The number of nitrogens with one attached hydrogen (secondary N) is 2. The fraction of sp³-hybridized carbons (Fsp3) is 0. The summed E-state index contributed by atoms with van der Waals surface area (Å²) in [6.45, 7) is 0. The Balaban J connectivity index is 1.65. The Kier molecular flexibility index (Phi) is 7.51. The van der Waals surface area contributed by atoms with Gasteiger partial charge in [-0.25, -0.2) is 0 Å². The largest absolute Gasteiger partial charge is 0.301 e. The van der Waals surface area contributed by atoms with E-state index in [1.54, 1.807) is 24.3 Å². The van der Waals surface area contributed by atoms with Crippen molar-refractivity contribution in [1.82, 2.24) is 0 Å². The van der Waals surface area contributed by atoms with Crippen LogP contribution in [0.5, 0.6) is 0 Å². The molecule has 0 unspecified atom stereocenters. The first-order valence-electron chi connectivity index (χ1n) is 9.69. The summed E-state index contributed by atoms with van der Waals surface area (Å²) >= 11 is 0. The Bertz CT molecular complexity index is 1300. The Morgan fingerprint density at radius 1 is 0.556 bits per heavy atom. The van der Waals surface area contributed by atoms with Crippen molar-refractivity contribution in [3.05, 3.63) is 112 Å². The molecule has 3 aromatic carbocycles. The average molecular weight is 494 g/mol. The lowest BCUT2D eigenvalue weighted by Crippen LogP contribution is -1.99. The molecule has 0 aliphatic rings. The van der Waals surface area contributed by atoms with Gasteiger partial charge in [0.15, 0.2) is 0 Å². The van der Waals surface area contributed by atoms with E-state index in [-0.39, 0.29) is 11.4 Å². The molecule has 0 amide bonds. The van der Waals surface area contributed by atoms with Gasteiger partial charge in [-0.3, -0.25) is 51.3 Å². The highest BCUT2D eigenvalue weighted by atomic mass is 16.6. The van der Waals surface area contributed by atoms with Crippen LogP contribution in [0.15, 0.2) is 70.9 Å². The van der Waals surface area contributed by atoms with E-state index >= 15 is 0 Å². The van der Waals surface area contributed by atoms with Gasteiger partial charge < -0.3 is 0 Å². The van der Waals surface area contributed by atoms with Crippen LogP contribution in [-0.4, -0.2) is 32.1 Å². The molecule has 3 rings (SSSR count). The lowest BCUT2D eigenvalue weighted by Gasteiger charge is -2.02. The van der Waals surface area contributed by atoms with Crippen molar-refractivity contribution in [1.29, 1.82) is 0 Å². The quantitative estimate of drug-likeness (QED) is 0.232. The summed E-state index contributed by atoms with van der Waals surface area (Å²) < 4.78 is 0. The molecule has 0 aliphatic heterocycles. The van der Waals surface area contributed by atoms with E-state index in [0.717, 1.165) is 24.3 Å². The highest BCUT2D eigenvalue weighted by molar-refractivity contribution is 5.85. The van der Waals surface area contributed by atoms with Gasteiger partial charge >= 0.3 is 11.4 Å². The Morgan fingerprint density at radius 2 is 0.917 bits per heavy atom. The van der Waals surface area contributed by atoms with Gasteiger partial charge in [0.05, 0.1) is 44.3 Å². The second-order valence-corrected chi connectivity index (χ2v) is 6.84. The first-order chi connectivity index (χ1) is 17.2. The molecule has 36 heavy (non-hydrogen) atoms. The third kappa shape index (κ3) is 6.16. The van der Waals surface area contributed by atoms with E-state index in [1.165, 1.54) is 24.6 Å². The second-order valence-electron chi connectivity index (χ2n) is 6.84. The number of hydrogen-bond acceptors (Lipinski definition) is 12. The number of nitro benzene ring substituents is 4. The van der Waals surface area contributed by atoms with Crippen LogP contribution in [0.1, 0.15) is 11.1 Å². The summed E-state index contributed by atoms with van der Waals surface area (Å²) in [5.74, 6) is 0. The van der Waals surface area contributed by atoms with E-state index < -0.39 is 42.4 Å². The van der Waals surface area contributed by atoms with Crippen molar-refractivity contribution in [2.75, 3.05) is 10.9 Å². The molecule has 2 N–H and O–H groups in total. The Labute approximate surface area is 200 Å². The van der Waals surface area contributed by atoms with Gasteiger partial charge in [-0.05, 0) is 23.3 Å². The molecule has 0 atom stereocenters. The number of hydrogen-bond donors (Lipinski definition) is 2. The van der Waals surface area contributed by atoms with Crippen LogP contribution in [0.2, 0.25) is 0 Å². The molecule has 0 heterocycles. The number of nitro groups is 4. The SMILES string of the molecule is O=[N+]([O-])c1ccc(N/N=C/c2ccc(/C=N/Nc3ccc([N+](=O)[O-])cc3[N+](=O)[O-])cc2)c([N+](=O)[O-])c1. The third-order valence-corrected chi connectivity index (χ3v) is 4.51. The van der Waals surface area contributed by atoms with Crippen LogP contribution in [-0.2, 0) is 0 Å².